The first-order valence-electron chi connectivity index (χ1n) is 8.18. The van der Waals surface area contributed by atoms with E-state index in [1.54, 1.807) is 0 Å². The number of hydrogen-bond acceptors (Lipinski definition) is 3. The third-order valence-corrected chi connectivity index (χ3v) is 4.56. The average Bonchev–Trinajstić information content (AvgIpc) is 3.11. The number of amides is 1. The molecule has 4 nitrogen and oxygen atoms in total. The number of carbonyl (C=O) groups excluding carboxylic acids is 1. The lowest BCUT2D eigenvalue weighted by Gasteiger charge is -2.27. The highest BCUT2D eigenvalue weighted by Crippen LogP contribution is 2.38. The summed E-state index contributed by atoms with van der Waals surface area (Å²) in [6, 6.07) is 11.6. The van der Waals surface area contributed by atoms with Gasteiger partial charge in [0.2, 0.25) is 0 Å². The molecular weight excluding hydrogens is 309 g/mol. The Labute approximate surface area is 139 Å². The van der Waals surface area contributed by atoms with Crippen LogP contribution in [0.2, 0.25) is 0 Å². The van der Waals surface area contributed by atoms with Crippen LogP contribution in [0.25, 0.3) is 0 Å². The molecule has 0 N–H and O–H groups in total. The van der Waals surface area contributed by atoms with E-state index in [-0.39, 0.29) is 17.8 Å². The SMILES string of the molecule is O=C(c1ccc(F)cc1)N1CCC[C@@H]1c1ccc2c(c1)OCCO2. The summed E-state index contributed by atoms with van der Waals surface area (Å²) in [6.45, 7) is 1.81. The first-order chi connectivity index (χ1) is 11.7. The number of benzene rings is 2. The summed E-state index contributed by atoms with van der Waals surface area (Å²) < 4.78 is 24.3. The Bertz CT molecular complexity index is 760. The molecule has 0 spiro atoms. The lowest BCUT2D eigenvalue weighted by Crippen LogP contribution is -2.30. The molecule has 24 heavy (non-hydrogen) atoms. The van der Waals surface area contributed by atoms with E-state index in [9.17, 15) is 9.18 Å². The number of hydrogen-bond donors (Lipinski definition) is 0. The monoisotopic (exact) mass is 327 g/mol. The molecule has 2 heterocycles. The Morgan fingerprint density at radius 1 is 1.04 bits per heavy atom. The van der Waals surface area contributed by atoms with Gasteiger partial charge in [0.15, 0.2) is 11.5 Å². The van der Waals surface area contributed by atoms with Gasteiger partial charge >= 0.3 is 0 Å². The van der Waals surface area contributed by atoms with Gasteiger partial charge in [0.25, 0.3) is 5.91 Å². The molecule has 2 aromatic carbocycles. The van der Waals surface area contributed by atoms with E-state index in [1.165, 1.54) is 24.3 Å². The van der Waals surface area contributed by atoms with Crippen molar-refractivity contribution in [2.24, 2.45) is 0 Å². The molecule has 0 bridgehead atoms. The lowest BCUT2D eigenvalue weighted by atomic mass is 10.0. The molecule has 0 saturated carbocycles. The minimum Gasteiger partial charge on any atom is -0.486 e. The molecule has 0 aromatic heterocycles. The molecule has 0 unspecified atom stereocenters. The number of nitrogens with zero attached hydrogens (tertiary/aromatic N) is 1. The number of rotatable bonds is 2. The lowest BCUT2D eigenvalue weighted by molar-refractivity contribution is 0.0735. The predicted molar refractivity (Wildman–Crippen MR) is 86.8 cm³/mol. The zero-order chi connectivity index (χ0) is 16.5. The summed E-state index contributed by atoms with van der Waals surface area (Å²) in [5, 5.41) is 0. The van der Waals surface area contributed by atoms with E-state index in [0.717, 1.165) is 29.9 Å². The summed E-state index contributed by atoms with van der Waals surface area (Å²) in [4.78, 5) is 14.6. The topological polar surface area (TPSA) is 38.8 Å². The Balaban J connectivity index is 1.60. The second-order valence-corrected chi connectivity index (χ2v) is 6.07. The fourth-order valence-corrected chi connectivity index (χ4v) is 3.38. The van der Waals surface area contributed by atoms with E-state index in [1.807, 2.05) is 23.1 Å². The Hall–Kier alpha value is -2.56. The highest BCUT2D eigenvalue weighted by molar-refractivity contribution is 5.94. The molecular formula is C19H18FNO3. The molecule has 1 fully saturated rings. The Kier molecular flexibility index (Phi) is 3.84. The van der Waals surface area contributed by atoms with Crippen molar-refractivity contribution in [1.29, 1.82) is 0 Å². The molecule has 2 aromatic rings. The molecule has 1 atom stereocenters. The summed E-state index contributed by atoms with van der Waals surface area (Å²) in [7, 11) is 0. The summed E-state index contributed by atoms with van der Waals surface area (Å²) in [5.41, 5.74) is 1.56. The van der Waals surface area contributed by atoms with Gasteiger partial charge in [0.1, 0.15) is 19.0 Å². The van der Waals surface area contributed by atoms with Crippen molar-refractivity contribution in [1.82, 2.24) is 4.90 Å². The van der Waals surface area contributed by atoms with Gasteiger partial charge in [-0.3, -0.25) is 4.79 Å². The van der Waals surface area contributed by atoms with Crippen LogP contribution in [0.15, 0.2) is 42.5 Å². The Morgan fingerprint density at radius 3 is 2.58 bits per heavy atom. The first-order valence-corrected chi connectivity index (χ1v) is 8.18. The van der Waals surface area contributed by atoms with Gasteiger partial charge in [-0.05, 0) is 54.8 Å². The highest BCUT2D eigenvalue weighted by atomic mass is 19.1. The average molecular weight is 327 g/mol. The number of likely N-dealkylation sites (tertiary alicyclic amines) is 1. The van der Waals surface area contributed by atoms with Crippen LogP contribution in [-0.4, -0.2) is 30.6 Å². The summed E-state index contributed by atoms with van der Waals surface area (Å²) >= 11 is 0. The predicted octanol–water partition coefficient (Wildman–Crippen LogP) is 3.57. The molecule has 4 rings (SSSR count). The van der Waals surface area contributed by atoms with Gasteiger partial charge in [0.05, 0.1) is 6.04 Å². The van der Waals surface area contributed by atoms with Gasteiger partial charge in [-0.25, -0.2) is 4.39 Å². The second-order valence-electron chi connectivity index (χ2n) is 6.07. The fraction of sp³-hybridized carbons (Fsp3) is 0.316. The van der Waals surface area contributed by atoms with Gasteiger partial charge in [0, 0.05) is 12.1 Å². The van der Waals surface area contributed by atoms with Gasteiger partial charge in [-0.1, -0.05) is 6.07 Å². The second kappa shape index (κ2) is 6.15. The van der Waals surface area contributed by atoms with E-state index in [0.29, 0.717) is 25.3 Å². The minimum absolute atomic E-state index is 0.0124. The normalized spacial score (nSPS) is 19.4. The van der Waals surface area contributed by atoms with Crippen LogP contribution in [-0.2, 0) is 0 Å². The third-order valence-electron chi connectivity index (χ3n) is 4.56. The van der Waals surface area contributed by atoms with Crippen molar-refractivity contribution >= 4 is 5.91 Å². The summed E-state index contributed by atoms with van der Waals surface area (Å²) in [5.74, 6) is 1.09. The van der Waals surface area contributed by atoms with Crippen molar-refractivity contribution in [3.05, 3.63) is 59.4 Å². The quantitative estimate of drug-likeness (QED) is 0.846. The first kappa shape index (κ1) is 15.0. The van der Waals surface area contributed by atoms with Crippen molar-refractivity contribution in [3.63, 3.8) is 0 Å². The van der Waals surface area contributed by atoms with Crippen LogP contribution < -0.4 is 9.47 Å². The van der Waals surface area contributed by atoms with Crippen molar-refractivity contribution in [2.75, 3.05) is 19.8 Å². The molecule has 1 saturated heterocycles. The van der Waals surface area contributed by atoms with Gasteiger partial charge in [-0.15, -0.1) is 0 Å². The number of carbonyl (C=O) groups is 1. The van der Waals surface area contributed by atoms with Gasteiger partial charge in [-0.2, -0.15) is 0 Å². The van der Waals surface area contributed by atoms with Crippen LogP contribution in [0.5, 0.6) is 11.5 Å². The minimum atomic E-state index is -0.337. The van der Waals surface area contributed by atoms with Crippen LogP contribution in [0.3, 0.4) is 0 Å². The van der Waals surface area contributed by atoms with Crippen molar-refractivity contribution in [2.45, 2.75) is 18.9 Å². The smallest absolute Gasteiger partial charge is 0.254 e. The van der Waals surface area contributed by atoms with Crippen LogP contribution >= 0.6 is 0 Å². The van der Waals surface area contributed by atoms with Crippen molar-refractivity contribution in [3.8, 4) is 11.5 Å². The molecule has 5 heteroatoms. The Morgan fingerprint density at radius 2 is 1.79 bits per heavy atom. The standard InChI is InChI=1S/C19H18FNO3/c20-15-6-3-13(4-7-15)19(22)21-9-1-2-16(21)14-5-8-17-18(12-14)24-11-10-23-17/h3-8,12,16H,1-2,9-11H2/t16-/m1/s1. The molecule has 124 valence electrons. The molecule has 2 aliphatic rings. The summed E-state index contributed by atoms with van der Waals surface area (Å²) in [6.07, 6.45) is 1.86. The van der Waals surface area contributed by atoms with E-state index >= 15 is 0 Å². The zero-order valence-corrected chi connectivity index (χ0v) is 13.2. The zero-order valence-electron chi connectivity index (χ0n) is 13.2. The maximum Gasteiger partial charge on any atom is 0.254 e. The van der Waals surface area contributed by atoms with Gasteiger partial charge < -0.3 is 14.4 Å². The van der Waals surface area contributed by atoms with E-state index in [2.05, 4.69) is 0 Å². The van der Waals surface area contributed by atoms with E-state index in [4.69, 9.17) is 9.47 Å². The largest absolute Gasteiger partial charge is 0.486 e. The van der Waals surface area contributed by atoms with Crippen LogP contribution in [0.4, 0.5) is 4.39 Å². The molecule has 0 radical (unpaired) electrons. The third kappa shape index (κ3) is 2.70. The van der Waals surface area contributed by atoms with Crippen LogP contribution in [0.1, 0.15) is 34.8 Å². The number of halogens is 1. The molecule has 2 aliphatic heterocycles. The maximum atomic E-state index is 13.1. The number of ether oxygens (including phenoxy) is 2. The molecule has 0 aliphatic carbocycles. The van der Waals surface area contributed by atoms with Crippen molar-refractivity contribution < 1.29 is 18.7 Å². The van der Waals surface area contributed by atoms with Crippen LogP contribution in [0, 0.1) is 5.82 Å². The molecule has 1 amide bonds. The van der Waals surface area contributed by atoms with E-state index < -0.39 is 0 Å². The highest BCUT2D eigenvalue weighted by Gasteiger charge is 2.31. The number of fused-ring (bicyclic) bond motifs is 1. The fourth-order valence-electron chi connectivity index (χ4n) is 3.38. The maximum absolute atomic E-state index is 13.1.